The monoisotopic (exact) mass is 286 g/mol. The first-order valence-corrected chi connectivity index (χ1v) is 6.22. The third-order valence-electron chi connectivity index (χ3n) is 2.57. The molecule has 0 aliphatic heterocycles. The van der Waals surface area contributed by atoms with Crippen molar-refractivity contribution in [2.75, 3.05) is 12.4 Å². The number of aromatic nitrogens is 2. The molecule has 0 aliphatic carbocycles. The number of thiocarbonyl (C=S) groups is 1. The number of nitrogens with zero attached hydrogens (tertiary/aromatic N) is 3. The van der Waals surface area contributed by atoms with Crippen LogP contribution in [0.25, 0.3) is 16.6 Å². The standard InChI is InChI=1S/C13H14N6S/c1-16-6-9(5-14)8-4-11-10(17-7-8)2-3-12(18-11)19-13(15)20/h2-7H,14H2,1H3,(H3,15,18,19,20). The van der Waals surface area contributed by atoms with Crippen LogP contribution in [0.5, 0.6) is 0 Å². The zero-order valence-electron chi connectivity index (χ0n) is 10.9. The second kappa shape index (κ2) is 6.07. The number of rotatable bonds is 3. The quantitative estimate of drug-likeness (QED) is 0.580. The average molecular weight is 286 g/mol. The van der Waals surface area contributed by atoms with E-state index in [1.165, 1.54) is 6.20 Å². The molecule has 2 aromatic heterocycles. The summed E-state index contributed by atoms with van der Waals surface area (Å²) in [6.07, 6.45) is 4.87. The molecule has 2 heterocycles. The lowest BCUT2D eigenvalue weighted by Crippen LogP contribution is -2.19. The van der Waals surface area contributed by atoms with Gasteiger partial charge in [-0.15, -0.1) is 0 Å². The van der Waals surface area contributed by atoms with Crippen LogP contribution in [-0.2, 0) is 0 Å². The Labute approximate surface area is 121 Å². The minimum Gasteiger partial charge on any atom is -0.404 e. The Morgan fingerprint density at radius 2 is 2.20 bits per heavy atom. The van der Waals surface area contributed by atoms with Crippen LogP contribution in [0.1, 0.15) is 5.56 Å². The third kappa shape index (κ3) is 3.07. The average Bonchev–Trinajstić information content (AvgIpc) is 2.43. The largest absolute Gasteiger partial charge is 0.404 e. The summed E-state index contributed by atoms with van der Waals surface area (Å²) in [6, 6.07) is 5.49. The van der Waals surface area contributed by atoms with Crippen LogP contribution in [0.15, 0.2) is 35.6 Å². The van der Waals surface area contributed by atoms with E-state index < -0.39 is 0 Å². The van der Waals surface area contributed by atoms with Gasteiger partial charge in [0.15, 0.2) is 5.11 Å². The fraction of sp³-hybridized carbons (Fsp3) is 0.0769. The zero-order chi connectivity index (χ0) is 14.5. The van der Waals surface area contributed by atoms with E-state index in [0.717, 1.165) is 16.7 Å². The van der Waals surface area contributed by atoms with Crippen molar-refractivity contribution in [2.24, 2.45) is 16.5 Å². The molecule has 0 saturated heterocycles. The lowest BCUT2D eigenvalue weighted by atomic mass is 10.1. The molecule has 5 N–H and O–H groups in total. The fourth-order valence-electron chi connectivity index (χ4n) is 1.71. The van der Waals surface area contributed by atoms with E-state index in [2.05, 4.69) is 20.3 Å². The summed E-state index contributed by atoms with van der Waals surface area (Å²) in [5.41, 5.74) is 14.1. The highest BCUT2D eigenvalue weighted by Crippen LogP contribution is 2.18. The molecule has 6 nitrogen and oxygen atoms in total. The van der Waals surface area contributed by atoms with Crippen LogP contribution in [0.4, 0.5) is 5.82 Å². The maximum Gasteiger partial charge on any atom is 0.169 e. The second-order valence-electron chi connectivity index (χ2n) is 3.96. The molecule has 0 radical (unpaired) electrons. The molecule has 102 valence electrons. The van der Waals surface area contributed by atoms with E-state index in [1.807, 2.05) is 12.1 Å². The molecule has 2 rings (SSSR count). The van der Waals surface area contributed by atoms with E-state index in [-0.39, 0.29) is 5.11 Å². The highest BCUT2D eigenvalue weighted by molar-refractivity contribution is 7.80. The van der Waals surface area contributed by atoms with Crippen molar-refractivity contribution in [3.63, 3.8) is 0 Å². The molecule has 0 amide bonds. The van der Waals surface area contributed by atoms with Gasteiger partial charge >= 0.3 is 0 Å². The predicted molar refractivity (Wildman–Crippen MR) is 86.5 cm³/mol. The van der Waals surface area contributed by atoms with Crippen LogP contribution in [0, 0.1) is 0 Å². The molecule has 0 saturated carbocycles. The Morgan fingerprint density at radius 1 is 1.40 bits per heavy atom. The predicted octanol–water partition coefficient (Wildman–Crippen LogP) is 1.29. The Hall–Kier alpha value is -2.54. The van der Waals surface area contributed by atoms with Crippen molar-refractivity contribution in [2.45, 2.75) is 0 Å². The number of anilines is 1. The topological polar surface area (TPSA) is 102 Å². The molecular weight excluding hydrogens is 272 g/mol. The summed E-state index contributed by atoms with van der Waals surface area (Å²) < 4.78 is 0. The van der Waals surface area contributed by atoms with E-state index >= 15 is 0 Å². The Bertz CT molecular complexity index is 707. The van der Waals surface area contributed by atoms with Gasteiger partial charge in [-0.25, -0.2) is 4.98 Å². The van der Waals surface area contributed by atoms with Gasteiger partial charge in [0.25, 0.3) is 0 Å². The summed E-state index contributed by atoms with van der Waals surface area (Å²) in [5.74, 6) is 0.575. The van der Waals surface area contributed by atoms with Crippen molar-refractivity contribution >= 4 is 46.0 Å². The van der Waals surface area contributed by atoms with Crippen molar-refractivity contribution in [1.82, 2.24) is 9.97 Å². The number of aliphatic imine (C=N–C) groups is 1. The minimum atomic E-state index is 0.168. The Morgan fingerprint density at radius 3 is 2.85 bits per heavy atom. The molecule has 20 heavy (non-hydrogen) atoms. The fourth-order valence-corrected chi connectivity index (χ4v) is 1.82. The minimum absolute atomic E-state index is 0.168. The van der Waals surface area contributed by atoms with Gasteiger partial charge < -0.3 is 16.8 Å². The molecule has 7 heteroatoms. The van der Waals surface area contributed by atoms with Gasteiger partial charge in [-0.2, -0.15) is 0 Å². The van der Waals surface area contributed by atoms with E-state index in [9.17, 15) is 0 Å². The van der Waals surface area contributed by atoms with Gasteiger partial charge in [0.2, 0.25) is 0 Å². The smallest absolute Gasteiger partial charge is 0.169 e. The Balaban J connectivity index is 2.48. The summed E-state index contributed by atoms with van der Waals surface area (Å²) >= 11 is 4.79. The number of fused-ring (bicyclic) bond motifs is 1. The lowest BCUT2D eigenvalue weighted by Gasteiger charge is -2.06. The van der Waals surface area contributed by atoms with Crippen molar-refractivity contribution in [3.05, 3.63) is 36.2 Å². The number of pyridine rings is 2. The number of hydrogen-bond donors (Lipinski definition) is 3. The lowest BCUT2D eigenvalue weighted by molar-refractivity contribution is 1.32. The summed E-state index contributed by atoms with van der Waals surface area (Å²) in [6.45, 7) is 0. The van der Waals surface area contributed by atoms with Crippen LogP contribution in [-0.4, -0.2) is 28.3 Å². The Kier molecular flexibility index (Phi) is 4.21. The van der Waals surface area contributed by atoms with Crippen molar-refractivity contribution in [3.8, 4) is 0 Å². The maximum absolute atomic E-state index is 5.58. The first-order chi connectivity index (χ1) is 9.63. The first-order valence-electron chi connectivity index (χ1n) is 5.81. The SMILES string of the molecule is CN=CC(=CN)c1cnc2ccc(NC(N)=S)nc2c1. The van der Waals surface area contributed by atoms with E-state index in [4.69, 9.17) is 23.7 Å². The molecule has 0 atom stereocenters. The third-order valence-corrected chi connectivity index (χ3v) is 2.67. The van der Waals surface area contributed by atoms with Crippen LogP contribution >= 0.6 is 12.2 Å². The second-order valence-corrected chi connectivity index (χ2v) is 4.40. The summed E-state index contributed by atoms with van der Waals surface area (Å²) in [7, 11) is 1.68. The number of nitrogens with two attached hydrogens (primary N) is 2. The zero-order valence-corrected chi connectivity index (χ0v) is 11.7. The van der Waals surface area contributed by atoms with Gasteiger partial charge in [0.05, 0.1) is 11.0 Å². The molecule has 0 aromatic carbocycles. The molecule has 0 fully saturated rings. The van der Waals surface area contributed by atoms with Crippen molar-refractivity contribution < 1.29 is 0 Å². The van der Waals surface area contributed by atoms with Crippen molar-refractivity contribution in [1.29, 1.82) is 0 Å². The van der Waals surface area contributed by atoms with Crippen LogP contribution < -0.4 is 16.8 Å². The highest BCUT2D eigenvalue weighted by Gasteiger charge is 2.04. The van der Waals surface area contributed by atoms with E-state index in [0.29, 0.717) is 11.3 Å². The van der Waals surface area contributed by atoms with Crippen LogP contribution in [0.2, 0.25) is 0 Å². The highest BCUT2D eigenvalue weighted by atomic mass is 32.1. The van der Waals surface area contributed by atoms with Gasteiger partial charge in [0, 0.05) is 36.8 Å². The van der Waals surface area contributed by atoms with Gasteiger partial charge in [-0.1, -0.05) is 0 Å². The molecular formula is C13H14N6S. The molecule has 2 aromatic rings. The number of allylic oxidation sites excluding steroid dienone is 1. The van der Waals surface area contributed by atoms with E-state index in [1.54, 1.807) is 25.5 Å². The maximum atomic E-state index is 5.58. The first kappa shape index (κ1) is 13.9. The molecule has 0 unspecified atom stereocenters. The number of nitrogens with one attached hydrogen (secondary N) is 1. The molecule has 0 bridgehead atoms. The summed E-state index contributed by atoms with van der Waals surface area (Å²) in [5, 5.41) is 2.96. The summed E-state index contributed by atoms with van der Waals surface area (Å²) in [4.78, 5) is 12.7. The number of hydrogen-bond acceptors (Lipinski definition) is 5. The van der Waals surface area contributed by atoms with Crippen LogP contribution in [0.3, 0.4) is 0 Å². The molecule has 0 spiro atoms. The van der Waals surface area contributed by atoms with Gasteiger partial charge in [-0.3, -0.25) is 9.98 Å². The normalized spacial score (nSPS) is 11.9. The van der Waals surface area contributed by atoms with Gasteiger partial charge in [-0.05, 0) is 30.4 Å². The van der Waals surface area contributed by atoms with Gasteiger partial charge in [0.1, 0.15) is 5.82 Å². The molecule has 0 aliphatic rings.